The average molecular weight is 476 g/mol. The number of rotatable bonds is 5. The van der Waals surface area contributed by atoms with Crippen molar-refractivity contribution in [2.75, 3.05) is 5.32 Å². The third kappa shape index (κ3) is 5.44. The lowest BCUT2D eigenvalue weighted by atomic mass is 10.1. The standard InChI is InChI=1S/C26H22NOP.BrH/c28-26(27-22-13-4-1-5-14-22)20-21-12-10-11-19-25(21)29(23-15-6-2-7-16-23)24-17-8-3-9-18-24;/h1-20,25H,(H,27,28);1H. The number of nitrogens with one attached hydrogen (secondary N) is 1. The maximum atomic E-state index is 12.7. The molecule has 0 saturated carbocycles. The molecule has 0 radical (unpaired) electrons. The van der Waals surface area contributed by atoms with Gasteiger partial charge in [-0.15, -0.1) is 17.0 Å². The van der Waals surface area contributed by atoms with Crippen molar-refractivity contribution in [3.63, 3.8) is 0 Å². The molecule has 3 aromatic carbocycles. The number of hydrogen-bond donors (Lipinski definition) is 1. The van der Waals surface area contributed by atoms with Crippen molar-refractivity contribution in [1.29, 1.82) is 0 Å². The number of carbonyl (C=O) groups excluding carboxylic acids is 1. The van der Waals surface area contributed by atoms with E-state index in [2.05, 4.69) is 72.1 Å². The number of para-hydroxylation sites is 1. The van der Waals surface area contributed by atoms with E-state index >= 15 is 0 Å². The van der Waals surface area contributed by atoms with Crippen LogP contribution in [-0.4, -0.2) is 11.6 Å². The van der Waals surface area contributed by atoms with Crippen LogP contribution in [0.1, 0.15) is 0 Å². The van der Waals surface area contributed by atoms with Crippen molar-refractivity contribution >= 4 is 47.1 Å². The third-order valence-electron chi connectivity index (χ3n) is 4.72. The smallest absolute Gasteiger partial charge is 0.248 e. The van der Waals surface area contributed by atoms with E-state index in [0.717, 1.165) is 11.3 Å². The molecule has 0 bridgehead atoms. The molecule has 4 rings (SSSR count). The number of amides is 1. The number of benzene rings is 3. The van der Waals surface area contributed by atoms with Gasteiger partial charge in [0.05, 0.1) is 0 Å². The van der Waals surface area contributed by atoms with Crippen molar-refractivity contribution in [3.8, 4) is 0 Å². The molecule has 1 aliphatic rings. The first-order chi connectivity index (χ1) is 14.3. The van der Waals surface area contributed by atoms with Gasteiger partial charge in [-0.05, 0) is 36.2 Å². The zero-order chi connectivity index (χ0) is 19.9. The van der Waals surface area contributed by atoms with E-state index in [-0.39, 0.29) is 28.5 Å². The van der Waals surface area contributed by atoms with Crippen LogP contribution in [-0.2, 0) is 4.79 Å². The van der Waals surface area contributed by atoms with Gasteiger partial charge in [-0.3, -0.25) is 4.79 Å². The summed E-state index contributed by atoms with van der Waals surface area (Å²) in [5.41, 5.74) is 1.97. The van der Waals surface area contributed by atoms with E-state index in [9.17, 15) is 4.79 Å². The average Bonchev–Trinajstić information content (AvgIpc) is 2.77. The van der Waals surface area contributed by atoms with E-state index in [1.54, 1.807) is 6.08 Å². The van der Waals surface area contributed by atoms with E-state index in [1.165, 1.54) is 10.6 Å². The van der Waals surface area contributed by atoms with Gasteiger partial charge in [0.1, 0.15) is 0 Å². The summed E-state index contributed by atoms with van der Waals surface area (Å²) in [5.74, 6) is -0.104. The Morgan fingerprint density at radius 1 is 0.767 bits per heavy atom. The lowest BCUT2D eigenvalue weighted by Gasteiger charge is -2.28. The fraction of sp³-hybridized carbons (Fsp3) is 0.0385. The number of anilines is 1. The van der Waals surface area contributed by atoms with E-state index in [1.807, 2.05) is 48.5 Å². The van der Waals surface area contributed by atoms with Gasteiger partial charge < -0.3 is 5.32 Å². The van der Waals surface area contributed by atoms with Gasteiger partial charge in [-0.25, -0.2) is 0 Å². The molecule has 4 heteroatoms. The normalized spacial score (nSPS) is 16.3. The molecule has 0 heterocycles. The largest absolute Gasteiger partial charge is 0.323 e. The highest BCUT2D eigenvalue weighted by molar-refractivity contribution is 8.93. The Morgan fingerprint density at radius 2 is 1.30 bits per heavy atom. The van der Waals surface area contributed by atoms with E-state index in [0.29, 0.717) is 0 Å². The summed E-state index contributed by atoms with van der Waals surface area (Å²) in [4.78, 5) is 12.7. The maximum Gasteiger partial charge on any atom is 0.248 e. The Labute approximate surface area is 189 Å². The van der Waals surface area contributed by atoms with Crippen LogP contribution in [0.4, 0.5) is 5.69 Å². The number of carbonyl (C=O) groups is 1. The van der Waals surface area contributed by atoms with Crippen LogP contribution in [0.25, 0.3) is 0 Å². The molecule has 2 nitrogen and oxygen atoms in total. The minimum absolute atomic E-state index is 0. The molecular formula is C26H23BrNOP. The second kappa shape index (κ2) is 10.9. The molecule has 0 aliphatic heterocycles. The summed E-state index contributed by atoms with van der Waals surface area (Å²) in [5, 5.41) is 5.56. The Kier molecular flexibility index (Phi) is 7.96. The highest BCUT2D eigenvalue weighted by Crippen LogP contribution is 2.45. The molecule has 1 unspecified atom stereocenters. The van der Waals surface area contributed by atoms with Gasteiger partial charge in [-0.1, -0.05) is 103 Å². The molecule has 1 N–H and O–H groups in total. The molecule has 0 spiro atoms. The molecular weight excluding hydrogens is 453 g/mol. The zero-order valence-electron chi connectivity index (χ0n) is 16.4. The lowest BCUT2D eigenvalue weighted by molar-refractivity contribution is -0.111. The summed E-state index contributed by atoms with van der Waals surface area (Å²) in [7, 11) is -0.685. The van der Waals surface area contributed by atoms with Crippen molar-refractivity contribution in [1.82, 2.24) is 0 Å². The summed E-state index contributed by atoms with van der Waals surface area (Å²) in [6.45, 7) is 0. The first kappa shape index (κ1) is 22.0. The first-order valence-electron chi connectivity index (χ1n) is 9.63. The van der Waals surface area contributed by atoms with Crippen molar-refractivity contribution in [2.24, 2.45) is 0 Å². The fourth-order valence-corrected chi connectivity index (χ4v) is 6.07. The minimum atomic E-state index is -0.685. The van der Waals surface area contributed by atoms with Crippen LogP contribution in [0.5, 0.6) is 0 Å². The Bertz CT molecular complexity index is 1010. The molecule has 0 saturated heterocycles. The third-order valence-corrected chi connectivity index (χ3v) is 7.46. The maximum absolute atomic E-state index is 12.7. The number of hydrogen-bond acceptors (Lipinski definition) is 1. The first-order valence-corrected chi connectivity index (χ1v) is 11.0. The Morgan fingerprint density at radius 3 is 1.87 bits per heavy atom. The van der Waals surface area contributed by atoms with Gasteiger partial charge in [0.25, 0.3) is 0 Å². The predicted octanol–water partition coefficient (Wildman–Crippen LogP) is 5.76. The van der Waals surface area contributed by atoms with Crippen molar-refractivity contribution in [3.05, 3.63) is 127 Å². The molecule has 1 aliphatic carbocycles. The Balaban J connectivity index is 0.00000256. The van der Waals surface area contributed by atoms with Crippen LogP contribution < -0.4 is 15.9 Å². The van der Waals surface area contributed by atoms with Gasteiger partial charge in [0.2, 0.25) is 5.91 Å². The summed E-state index contributed by atoms with van der Waals surface area (Å²) in [6.07, 6.45) is 10.1. The predicted molar refractivity (Wildman–Crippen MR) is 135 cm³/mol. The van der Waals surface area contributed by atoms with Crippen LogP contribution >= 0.6 is 24.9 Å². The lowest BCUT2D eigenvalue weighted by Crippen LogP contribution is -2.23. The molecule has 1 amide bonds. The molecule has 30 heavy (non-hydrogen) atoms. The molecule has 0 fully saturated rings. The van der Waals surface area contributed by atoms with Gasteiger partial charge in [0.15, 0.2) is 0 Å². The molecule has 150 valence electrons. The summed E-state index contributed by atoms with van der Waals surface area (Å²) < 4.78 is 0. The van der Waals surface area contributed by atoms with Gasteiger partial charge in [-0.2, -0.15) is 0 Å². The SMILES string of the molecule is Br.O=C(C=C1C=CC=CC1P(c1ccccc1)c1ccccc1)Nc1ccccc1. The fourth-order valence-electron chi connectivity index (χ4n) is 3.41. The van der Waals surface area contributed by atoms with Crippen LogP contribution in [0.15, 0.2) is 127 Å². The van der Waals surface area contributed by atoms with E-state index < -0.39 is 7.92 Å². The minimum Gasteiger partial charge on any atom is -0.323 e. The second-order valence-electron chi connectivity index (χ2n) is 6.73. The highest BCUT2D eigenvalue weighted by Gasteiger charge is 2.26. The zero-order valence-corrected chi connectivity index (χ0v) is 19.0. The van der Waals surface area contributed by atoms with Crippen LogP contribution in [0, 0.1) is 0 Å². The topological polar surface area (TPSA) is 29.1 Å². The van der Waals surface area contributed by atoms with E-state index in [4.69, 9.17) is 0 Å². The quantitative estimate of drug-likeness (QED) is 0.369. The van der Waals surface area contributed by atoms with Gasteiger partial charge >= 0.3 is 0 Å². The molecule has 3 aromatic rings. The highest BCUT2D eigenvalue weighted by atomic mass is 79.9. The second-order valence-corrected chi connectivity index (χ2v) is 9.06. The van der Waals surface area contributed by atoms with Crippen LogP contribution in [0.2, 0.25) is 0 Å². The molecule has 0 aromatic heterocycles. The summed E-state index contributed by atoms with van der Waals surface area (Å²) >= 11 is 0. The van der Waals surface area contributed by atoms with Gasteiger partial charge in [0, 0.05) is 17.4 Å². The number of allylic oxidation sites excluding steroid dienone is 5. The Hall–Kier alpha value is -2.74. The molecule has 1 atom stereocenters. The van der Waals surface area contributed by atoms with Crippen molar-refractivity contribution in [2.45, 2.75) is 5.66 Å². The van der Waals surface area contributed by atoms with Crippen LogP contribution in [0.3, 0.4) is 0 Å². The number of halogens is 1. The summed E-state index contributed by atoms with van der Waals surface area (Å²) in [6, 6.07) is 30.7. The van der Waals surface area contributed by atoms with Crippen molar-refractivity contribution < 1.29 is 4.79 Å². The monoisotopic (exact) mass is 475 g/mol.